The second kappa shape index (κ2) is 5.09. The summed E-state index contributed by atoms with van der Waals surface area (Å²) < 4.78 is 0.680. The van der Waals surface area contributed by atoms with Gasteiger partial charge in [0, 0.05) is 29.8 Å². The summed E-state index contributed by atoms with van der Waals surface area (Å²) in [4.78, 5) is 9.98. The normalized spacial score (nSPS) is 11.2. The Bertz CT molecular complexity index is 577. The molecular weight excluding hydrogens is 232 g/mol. The zero-order valence-corrected chi connectivity index (χ0v) is 9.39. The van der Waals surface area contributed by atoms with Gasteiger partial charge in [-0.1, -0.05) is 18.2 Å². The van der Waals surface area contributed by atoms with Crippen LogP contribution in [-0.4, -0.2) is 15.9 Å². The van der Waals surface area contributed by atoms with Crippen LogP contribution in [0.5, 0.6) is 0 Å². The molecule has 0 N–H and O–H groups in total. The van der Waals surface area contributed by atoms with Crippen LogP contribution in [0.3, 0.4) is 0 Å². The maximum atomic E-state index is 11.8. The van der Waals surface area contributed by atoms with Crippen LogP contribution >= 0.6 is 0 Å². The SMILES string of the molecule is O=[N+]([O-])c1ccc(/[N+]([O-])=C/c2ccccc2)cc1. The smallest absolute Gasteiger partial charge is 0.269 e. The van der Waals surface area contributed by atoms with Crippen LogP contribution in [0.15, 0.2) is 54.6 Å². The topological polar surface area (TPSA) is 69.2 Å². The average Bonchev–Trinajstić information content (AvgIpc) is 2.40. The highest BCUT2D eigenvalue weighted by Crippen LogP contribution is 2.17. The fraction of sp³-hybridized carbons (Fsp3) is 0. The van der Waals surface area contributed by atoms with Crippen molar-refractivity contribution in [3.8, 4) is 0 Å². The van der Waals surface area contributed by atoms with E-state index in [0.29, 0.717) is 10.4 Å². The molecule has 0 aromatic heterocycles. The maximum absolute atomic E-state index is 11.8. The van der Waals surface area contributed by atoms with Gasteiger partial charge in [0.05, 0.1) is 4.92 Å². The molecular formula is C13H10N2O3. The molecule has 0 fully saturated rings. The van der Waals surface area contributed by atoms with Gasteiger partial charge in [-0.05, 0) is 12.1 Å². The van der Waals surface area contributed by atoms with Crippen molar-refractivity contribution in [3.05, 3.63) is 75.5 Å². The Morgan fingerprint density at radius 2 is 1.39 bits per heavy atom. The summed E-state index contributed by atoms with van der Waals surface area (Å²) in [6, 6.07) is 14.6. The quantitative estimate of drug-likeness (QED) is 0.273. The van der Waals surface area contributed by atoms with Gasteiger partial charge < -0.3 is 5.21 Å². The lowest BCUT2D eigenvalue weighted by atomic mass is 10.2. The highest BCUT2D eigenvalue weighted by atomic mass is 16.6. The minimum Gasteiger partial charge on any atom is -0.618 e. The molecule has 2 aromatic rings. The molecule has 0 spiro atoms. The lowest BCUT2D eigenvalue weighted by molar-refractivity contribution is -0.385. The zero-order valence-electron chi connectivity index (χ0n) is 9.39. The highest BCUT2D eigenvalue weighted by molar-refractivity contribution is 5.76. The molecule has 0 saturated carbocycles. The monoisotopic (exact) mass is 242 g/mol. The summed E-state index contributed by atoms with van der Waals surface area (Å²) in [5, 5.41) is 22.3. The van der Waals surface area contributed by atoms with Crippen molar-refractivity contribution in [2.75, 3.05) is 0 Å². The molecule has 5 nitrogen and oxygen atoms in total. The number of non-ortho nitro benzene ring substituents is 1. The molecule has 18 heavy (non-hydrogen) atoms. The lowest BCUT2D eigenvalue weighted by Crippen LogP contribution is -1.98. The molecule has 0 saturated heterocycles. The summed E-state index contributed by atoms with van der Waals surface area (Å²) in [6.07, 6.45) is 1.42. The van der Waals surface area contributed by atoms with Gasteiger partial charge >= 0.3 is 0 Å². The summed E-state index contributed by atoms with van der Waals surface area (Å²) in [5.41, 5.74) is 1.09. The predicted octanol–water partition coefficient (Wildman–Crippen LogP) is 2.86. The molecule has 0 atom stereocenters. The fourth-order valence-electron chi connectivity index (χ4n) is 1.47. The Kier molecular flexibility index (Phi) is 3.33. The lowest BCUT2D eigenvalue weighted by Gasteiger charge is -2.02. The number of hydrogen-bond donors (Lipinski definition) is 0. The molecule has 5 heteroatoms. The van der Waals surface area contributed by atoms with E-state index in [0.717, 1.165) is 5.56 Å². The van der Waals surface area contributed by atoms with Crippen molar-refractivity contribution >= 4 is 17.6 Å². The van der Waals surface area contributed by atoms with Crippen molar-refractivity contribution in [2.24, 2.45) is 0 Å². The van der Waals surface area contributed by atoms with Crippen LogP contribution in [0.1, 0.15) is 5.56 Å². The van der Waals surface area contributed by atoms with Crippen molar-refractivity contribution in [1.29, 1.82) is 0 Å². The second-order valence-corrected chi connectivity index (χ2v) is 3.64. The second-order valence-electron chi connectivity index (χ2n) is 3.64. The van der Waals surface area contributed by atoms with Gasteiger partial charge in [0.15, 0.2) is 6.21 Å². The molecule has 0 unspecified atom stereocenters. The van der Waals surface area contributed by atoms with E-state index < -0.39 is 4.92 Å². The summed E-state index contributed by atoms with van der Waals surface area (Å²) in [7, 11) is 0. The van der Waals surface area contributed by atoms with E-state index in [1.807, 2.05) is 18.2 Å². The number of nitro benzene ring substituents is 1. The standard InChI is InChI=1S/C13H10N2O3/c16-14(10-11-4-2-1-3-5-11)12-6-8-13(9-7-12)15(17)18/h1-10H/b14-10-. The van der Waals surface area contributed by atoms with Gasteiger partial charge in [0.2, 0.25) is 5.69 Å². The largest absolute Gasteiger partial charge is 0.618 e. The fourth-order valence-corrected chi connectivity index (χ4v) is 1.47. The number of nitro groups is 1. The number of hydrogen-bond acceptors (Lipinski definition) is 3. The first-order valence-electron chi connectivity index (χ1n) is 5.27. The van der Waals surface area contributed by atoms with Gasteiger partial charge in [-0.25, -0.2) is 0 Å². The van der Waals surface area contributed by atoms with E-state index in [4.69, 9.17) is 0 Å². The third kappa shape index (κ3) is 2.70. The van der Waals surface area contributed by atoms with Gasteiger partial charge in [0.1, 0.15) is 0 Å². The van der Waals surface area contributed by atoms with E-state index in [2.05, 4.69) is 0 Å². The molecule has 0 heterocycles. The van der Waals surface area contributed by atoms with Gasteiger partial charge in [-0.15, -0.1) is 0 Å². The number of benzene rings is 2. The Morgan fingerprint density at radius 1 is 0.833 bits per heavy atom. The van der Waals surface area contributed by atoms with Gasteiger partial charge in [-0.3, -0.25) is 10.1 Å². The first-order chi connectivity index (χ1) is 8.66. The summed E-state index contributed by atoms with van der Waals surface area (Å²) in [5.74, 6) is 0. The molecule has 0 aliphatic rings. The van der Waals surface area contributed by atoms with Crippen molar-refractivity contribution in [2.45, 2.75) is 0 Å². The molecule has 0 aliphatic heterocycles. The maximum Gasteiger partial charge on any atom is 0.269 e. The van der Waals surface area contributed by atoms with Crippen LogP contribution in [0.2, 0.25) is 0 Å². The predicted molar refractivity (Wildman–Crippen MR) is 68.0 cm³/mol. The van der Waals surface area contributed by atoms with Gasteiger partial charge in [0.25, 0.3) is 5.69 Å². The van der Waals surface area contributed by atoms with E-state index in [9.17, 15) is 15.3 Å². The molecule has 0 bridgehead atoms. The van der Waals surface area contributed by atoms with E-state index in [-0.39, 0.29) is 5.69 Å². The third-order valence-electron chi connectivity index (χ3n) is 2.38. The van der Waals surface area contributed by atoms with E-state index >= 15 is 0 Å². The summed E-state index contributed by atoms with van der Waals surface area (Å²) in [6.45, 7) is 0. The number of nitrogens with zero attached hydrogens (tertiary/aromatic N) is 2. The molecule has 0 aliphatic carbocycles. The first kappa shape index (κ1) is 11.8. The van der Waals surface area contributed by atoms with Crippen LogP contribution in [0, 0.1) is 15.3 Å². The first-order valence-corrected chi connectivity index (χ1v) is 5.27. The third-order valence-corrected chi connectivity index (χ3v) is 2.38. The van der Waals surface area contributed by atoms with Crippen LogP contribution in [0.25, 0.3) is 0 Å². The van der Waals surface area contributed by atoms with E-state index in [1.54, 1.807) is 12.1 Å². The highest BCUT2D eigenvalue weighted by Gasteiger charge is 2.07. The zero-order chi connectivity index (χ0) is 13.0. The Hall–Kier alpha value is -2.69. The average molecular weight is 242 g/mol. The van der Waals surface area contributed by atoms with Crippen LogP contribution in [0.4, 0.5) is 11.4 Å². The van der Waals surface area contributed by atoms with Crippen LogP contribution < -0.4 is 0 Å². The van der Waals surface area contributed by atoms with Gasteiger partial charge in [-0.2, -0.15) is 4.74 Å². The Labute approximate surface area is 103 Å². The minimum atomic E-state index is -0.500. The Balaban J connectivity index is 2.26. The molecule has 2 rings (SSSR count). The molecule has 0 radical (unpaired) electrons. The van der Waals surface area contributed by atoms with Crippen LogP contribution in [-0.2, 0) is 0 Å². The van der Waals surface area contributed by atoms with Crippen molar-refractivity contribution < 1.29 is 9.66 Å². The minimum absolute atomic E-state index is 0.0353. The molecule has 0 amide bonds. The van der Waals surface area contributed by atoms with Crippen molar-refractivity contribution in [1.82, 2.24) is 0 Å². The summed E-state index contributed by atoms with van der Waals surface area (Å²) >= 11 is 0. The molecule has 90 valence electrons. The molecule has 2 aromatic carbocycles. The van der Waals surface area contributed by atoms with Crippen molar-refractivity contribution in [3.63, 3.8) is 0 Å². The van der Waals surface area contributed by atoms with E-state index in [1.165, 1.54) is 30.5 Å². The Morgan fingerprint density at radius 3 is 1.94 bits per heavy atom. The number of rotatable bonds is 3.